The Kier molecular flexibility index (Phi) is 4.50. The first-order valence-electron chi connectivity index (χ1n) is 6.16. The van der Waals surface area contributed by atoms with E-state index in [1.807, 2.05) is 12.1 Å². The molecule has 19 heavy (non-hydrogen) atoms. The first kappa shape index (κ1) is 14.4. The lowest BCUT2D eigenvalue weighted by atomic mass is 10.1. The molecule has 2 rings (SSSR count). The van der Waals surface area contributed by atoms with Gasteiger partial charge in [0, 0.05) is 10.6 Å². The van der Waals surface area contributed by atoms with Gasteiger partial charge in [-0.1, -0.05) is 43.1 Å². The molecule has 1 aromatic heterocycles. The van der Waals surface area contributed by atoms with E-state index in [-0.39, 0.29) is 6.61 Å². The monoisotopic (exact) mass is 298 g/mol. The number of hydrogen-bond acceptors (Lipinski definition) is 2. The molecule has 1 heterocycles. The summed E-state index contributed by atoms with van der Waals surface area (Å²) >= 11 is 12.3. The molecule has 5 heteroatoms. The average molecular weight is 299 g/mol. The number of benzene rings is 1. The summed E-state index contributed by atoms with van der Waals surface area (Å²) in [5.74, 6) is 0.448. The van der Waals surface area contributed by atoms with E-state index in [1.165, 1.54) is 0 Å². The number of rotatable bonds is 4. The van der Waals surface area contributed by atoms with Crippen LogP contribution in [0.2, 0.25) is 10.2 Å². The first-order valence-corrected chi connectivity index (χ1v) is 6.91. The minimum atomic E-state index is -0.110. The van der Waals surface area contributed by atoms with E-state index in [1.54, 1.807) is 16.8 Å². The van der Waals surface area contributed by atoms with Gasteiger partial charge in [0.15, 0.2) is 0 Å². The fraction of sp³-hybridized carbons (Fsp3) is 0.357. The highest BCUT2D eigenvalue weighted by atomic mass is 35.5. The maximum atomic E-state index is 9.46. The van der Waals surface area contributed by atoms with Crippen LogP contribution in [0.3, 0.4) is 0 Å². The summed E-state index contributed by atoms with van der Waals surface area (Å²) in [5, 5.41) is 15.0. The molecule has 0 saturated heterocycles. The number of aromatic nitrogens is 2. The van der Waals surface area contributed by atoms with Crippen molar-refractivity contribution in [1.82, 2.24) is 9.78 Å². The molecule has 3 nitrogen and oxygen atoms in total. The van der Waals surface area contributed by atoms with Crippen LogP contribution in [-0.2, 0) is 13.0 Å². The van der Waals surface area contributed by atoms with Crippen LogP contribution in [0.15, 0.2) is 24.3 Å². The summed E-state index contributed by atoms with van der Waals surface area (Å²) in [4.78, 5) is 0. The molecule has 0 atom stereocenters. The molecule has 0 saturated carbocycles. The maximum absolute atomic E-state index is 9.46. The van der Waals surface area contributed by atoms with Gasteiger partial charge in [-0.2, -0.15) is 5.10 Å². The minimum absolute atomic E-state index is 0.110. The van der Waals surface area contributed by atoms with E-state index < -0.39 is 0 Å². The highest BCUT2D eigenvalue weighted by Gasteiger charge is 2.17. The van der Waals surface area contributed by atoms with Gasteiger partial charge in [0.1, 0.15) is 5.15 Å². The van der Waals surface area contributed by atoms with Crippen molar-refractivity contribution in [2.75, 3.05) is 0 Å². The van der Waals surface area contributed by atoms with Gasteiger partial charge < -0.3 is 5.11 Å². The van der Waals surface area contributed by atoms with Gasteiger partial charge in [-0.05, 0) is 30.5 Å². The zero-order valence-electron chi connectivity index (χ0n) is 10.9. The zero-order chi connectivity index (χ0) is 14.0. The zero-order valence-corrected chi connectivity index (χ0v) is 12.4. The second-order valence-electron chi connectivity index (χ2n) is 4.86. The summed E-state index contributed by atoms with van der Waals surface area (Å²) in [7, 11) is 0. The molecule has 0 amide bonds. The number of aliphatic hydroxyl groups excluding tert-OH is 1. The molecule has 0 unspecified atom stereocenters. The highest BCUT2D eigenvalue weighted by molar-refractivity contribution is 6.31. The molecule has 0 spiro atoms. The molecule has 2 aromatic rings. The van der Waals surface area contributed by atoms with Gasteiger partial charge >= 0.3 is 0 Å². The molecule has 0 aliphatic carbocycles. The van der Waals surface area contributed by atoms with Crippen molar-refractivity contribution in [3.8, 4) is 5.69 Å². The third-order valence-corrected chi connectivity index (χ3v) is 3.44. The quantitative estimate of drug-likeness (QED) is 0.930. The van der Waals surface area contributed by atoms with Crippen molar-refractivity contribution in [2.24, 2.45) is 5.92 Å². The average Bonchev–Trinajstić information content (AvgIpc) is 2.65. The Balaban J connectivity index is 2.49. The third-order valence-electron chi connectivity index (χ3n) is 2.82. The molecule has 102 valence electrons. The van der Waals surface area contributed by atoms with Crippen LogP contribution in [-0.4, -0.2) is 14.9 Å². The molecule has 0 aliphatic heterocycles. The molecule has 0 fully saturated rings. The number of aliphatic hydroxyl groups is 1. The molecule has 1 aromatic carbocycles. The van der Waals surface area contributed by atoms with Crippen LogP contribution >= 0.6 is 23.2 Å². The molecule has 0 radical (unpaired) electrons. The number of halogens is 2. The molecule has 0 aliphatic rings. The topological polar surface area (TPSA) is 38.0 Å². The summed E-state index contributed by atoms with van der Waals surface area (Å²) in [5.41, 5.74) is 2.32. The van der Waals surface area contributed by atoms with Crippen molar-refractivity contribution >= 4 is 23.2 Å². The Labute approximate surface area is 122 Å². The Morgan fingerprint density at radius 1 is 1.32 bits per heavy atom. The Morgan fingerprint density at radius 2 is 2.05 bits per heavy atom. The lowest BCUT2D eigenvalue weighted by molar-refractivity contribution is 0.280. The van der Waals surface area contributed by atoms with E-state index >= 15 is 0 Å². The van der Waals surface area contributed by atoms with Crippen molar-refractivity contribution in [3.05, 3.63) is 45.7 Å². The van der Waals surface area contributed by atoms with Gasteiger partial charge in [0.2, 0.25) is 0 Å². The van der Waals surface area contributed by atoms with Crippen LogP contribution in [0.4, 0.5) is 0 Å². The summed E-state index contributed by atoms with van der Waals surface area (Å²) < 4.78 is 1.62. The molecular formula is C14H16Cl2N2O. The predicted molar refractivity (Wildman–Crippen MR) is 78.0 cm³/mol. The van der Waals surface area contributed by atoms with Crippen LogP contribution in [0.1, 0.15) is 25.1 Å². The van der Waals surface area contributed by atoms with Gasteiger partial charge in [-0.25, -0.2) is 4.68 Å². The molecular weight excluding hydrogens is 283 g/mol. The van der Waals surface area contributed by atoms with Crippen molar-refractivity contribution < 1.29 is 5.11 Å². The summed E-state index contributed by atoms with van der Waals surface area (Å²) in [6, 6.07) is 7.31. The largest absolute Gasteiger partial charge is 0.391 e. The van der Waals surface area contributed by atoms with Crippen molar-refractivity contribution in [3.63, 3.8) is 0 Å². The lowest BCUT2D eigenvalue weighted by Crippen LogP contribution is -2.00. The Bertz CT molecular complexity index is 579. The summed E-state index contributed by atoms with van der Waals surface area (Å²) in [6.45, 7) is 4.10. The standard InChI is InChI=1S/C14H16Cl2N2O/c1-9(2)6-13-12(8-19)14(16)18(17-13)11-5-3-4-10(15)7-11/h3-5,7,9,19H,6,8H2,1-2H3. The van der Waals surface area contributed by atoms with E-state index in [2.05, 4.69) is 18.9 Å². The first-order chi connectivity index (χ1) is 9.02. The van der Waals surface area contributed by atoms with E-state index in [0.717, 1.165) is 17.8 Å². The van der Waals surface area contributed by atoms with Gasteiger partial charge in [0.05, 0.1) is 18.0 Å². The van der Waals surface area contributed by atoms with Crippen molar-refractivity contribution in [2.45, 2.75) is 26.9 Å². The third kappa shape index (κ3) is 3.11. The normalized spacial score (nSPS) is 11.3. The van der Waals surface area contributed by atoms with Gasteiger partial charge in [-0.3, -0.25) is 0 Å². The number of hydrogen-bond donors (Lipinski definition) is 1. The second kappa shape index (κ2) is 5.95. The van der Waals surface area contributed by atoms with E-state index in [0.29, 0.717) is 21.7 Å². The predicted octanol–water partition coefficient (Wildman–Crippen LogP) is 3.87. The fourth-order valence-corrected chi connectivity index (χ4v) is 2.45. The minimum Gasteiger partial charge on any atom is -0.391 e. The second-order valence-corrected chi connectivity index (χ2v) is 5.66. The van der Waals surface area contributed by atoms with E-state index in [4.69, 9.17) is 23.2 Å². The van der Waals surface area contributed by atoms with Gasteiger partial charge in [0.25, 0.3) is 0 Å². The maximum Gasteiger partial charge on any atom is 0.138 e. The SMILES string of the molecule is CC(C)Cc1nn(-c2cccc(Cl)c2)c(Cl)c1CO. The van der Waals surface area contributed by atoms with Crippen LogP contribution in [0.5, 0.6) is 0 Å². The molecule has 1 N–H and O–H groups in total. The Hall–Kier alpha value is -1.03. The fourth-order valence-electron chi connectivity index (χ4n) is 1.96. The van der Waals surface area contributed by atoms with Crippen LogP contribution in [0, 0.1) is 5.92 Å². The highest BCUT2D eigenvalue weighted by Crippen LogP contribution is 2.26. The van der Waals surface area contributed by atoms with Gasteiger partial charge in [-0.15, -0.1) is 0 Å². The van der Waals surface area contributed by atoms with Crippen LogP contribution in [0.25, 0.3) is 5.69 Å². The summed E-state index contributed by atoms with van der Waals surface area (Å²) in [6.07, 6.45) is 0.781. The molecule has 0 bridgehead atoms. The van der Waals surface area contributed by atoms with E-state index in [9.17, 15) is 5.11 Å². The van der Waals surface area contributed by atoms with Crippen LogP contribution < -0.4 is 0 Å². The van der Waals surface area contributed by atoms with Crippen molar-refractivity contribution in [1.29, 1.82) is 0 Å². The lowest BCUT2D eigenvalue weighted by Gasteiger charge is -2.03. The Morgan fingerprint density at radius 3 is 2.63 bits per heavy atom. The smallest absolute Gasteiger partial charge is 0.138 e. The number of nitrogens with zero attached hydrogens (tertiary/aromatic N) is 2.